The third-order valence-electron chi connectivity index (χ3n) is 11.9. The van der Waals surface area contributed by atoms with Gasteiger partial charge < -0.3 is 33.8 Å². The number of nitrogens with one attached hydrogen (secondary N) is 3. The van der Waals surface area contributed by atoms with Gasteiger partial charge >= 0.3 is 5.76 Å². The van der Waals surface area contributed by atoms with Crippen molar-refractivity contribution in [3.63, 3.8) is 0 Å². The van der Waals surface area contributed by atoms with Gasteiger partial charge in [0.1, 0.15) is 18.1 Å². The van der Waals surface area contributed by atoms with Crippen LogP contribution in [0.25, 0.3) is 22.6 Å². The van der Waals surface area contributed by atoms with E-state index in [1.165, 1.54) is 29.9 Å². The zero-order valence-electron chi connectivity index (χ0n) is 35.2. The highest BCUT2D eigenvalue weighted by atomic mass is 19.3. The molecule has 1 unspecified atom stereocenters. The lowest BCUT2D eigenvalue weighted by Gasteiger charge is -2.31. The third-order valence-corrected chi connectivity index (χ3v) is 11.9. The summed E-state index contributed by atoms with van der Waals surface area (Å²) in [5.41, 5.74) is 1.98. The van der Waals surface area contributed by atoms with Gasteiger partial charge in [-0.15, -0.1) is 0 Å². The molecule has 3 aliphatic rings. The van der Waals surface area contributed by atoms with Crippen molar-refractivity contribution in [1.29, 1.82) is 0 Å². The number of hydrogen-bond acceptors (Lipinski definition) is 13. The van der Waals surface area contributed by atoms with Crippen molar-refractivity contribution in [2.75, 3.05) is 63.7 Å². The van der Waals surface area contributed by atoms with Crippen molar-refractivity contribution in [1.82, 2.24) is 34.5 Å². The third kappa shape index (κ3) is 11.2. The summed E-state index contributed by atoms with van der Waals surface area (Å²) < 4.78 is 53.7. The van der Waals surface area contributed by atoms with Gasteiger partial charge in [-0.2, -0.15) is 5.10 Å². The average molecular weight is 874 g/mol. The molecular formula is C44H53F2N9O8. The molecule has 5 aromatic rings. The molecule has 3 fully saturated rings. The summed E-state index contributed by atoms with van der Waals surface area (Å²) >= 11 is 0. The van der Waals surface area contributed by atoms with Crippen LogP contribution in [-0.2, 0) is 25.5 Å². The number of carbonyl (C=O) groups is 3. The molecule has 0 bridgehead atoms. The number of pyridine rings is 1. The number of hydrogen-bond donors (Lipinski definition) is 3. The van der Waals surface area contributed by atoms with Gasteiger partial charge in [0.15, 0.2) is 17.0 Å². The lowest BCUT2D eigenvalue weighted by Crippen LogP contribution is -2.43. The average Bonchev–Trinajstić information content (AvgIpc) is 3.63. The second-order valence-electron chi connectivity index (χ2n) is 16.7. The molecule has 336 valence electrons. The van der Waals surface area contributed by atoms with Crippen molar-refractivity contribution in [2.24, 2.45) is 11.8 Å². The van der Waals surface area contributed by atoms with Crippen LogP contribution in [0.1, 0.15) is 98.0 Å². The predicted molar refractivity (Wildman–Crippen MR) is 226 cm³/mol. The van der Waals surface area contributed by atoms with Gasteiger partial charge in [0.05, 0.1) is 37.1 Å². The molecule has 63 heavy (non-hydrogen) atoms. The SMILES string of the molecule is CN(CCOCCOCCCc1ccc2c(c1)oc(=O)n2C1CCC(=O)NC1=O)CC1CCC(n2cc(NC(=O)c3coc(-c4ccnc(NCC5CC5)c4)n3)c(C(F)F)n2)CC1. The van der Waals surface area contributed by atoms with E-state index in [0.717, 1.165) is 57.3 Å². The Morgan fingerprint density at radius 3 is 2.57 bits per heavy atom. The quantitative estimate of drug-likeness (QED) is 0.0560. The molecule has 0 spiro atoms. The number of oxazole rings is 2. The molecule has 1 saturated heterocycles. The summed E-state index contributed by atoms with van der Waals surface area (Å²) in [6, 6.07) is 8.17. The summed E-state index contributed by atoms with van der Waals surface area (Å²) in [5.74, 6) is -0.104. The van der Waals surface area contributed by atoms with Gasteiger partial charge in [0, 0.05) is 50.6 Å². The van der Waals surface area contributed by atoms with Gasteiger partial charge in [-0.3, -0.25) is 28.9 Å². The molecule has 3 N–H and O–H groups in total. The highest BCUT2D eigenvalue weighted by molar-refractivity contribution is 6.03. The normalized spacial score (nSPS) is 19.3. The van der Waals surface area contributed by atoms with Crippen LogP contribution >= 0.6 is 0 Å². The first-order valence-corrected chi connectivity index (χ1v) is 21.7. The molecule has 1 atom stereocenters. The Hall–Kier alpha value is -5.79. The van der Waals surface area contributed by atoms with Crippen LogP contribution in [0.4, 0.5) is 20.3 Å². The summed E-state index contributed by atoms with van der Waals surface area (Å²) in [6.45, 7) is 4.54. The zero-order valence-corrected chi connectivity index (χ0v) is 35.2. The predicted octanol–water partition coefficient (Wildman–Crippen LogP) is 6.16. The highest BCUT2D eigenvalue weighted by Crippen LogP contribution is 2.35. The number of carbonyl (C=O) groups excluding carboxylic acids is 3. The van der Waals surface area contributed by atoms with Crippen LogP contribution in [0.2, 0.25) is 0 Å². The van der Waals surface area contributed by atoms with Crippen LogP contribution in [0.5, 0.6) is 0 Å². The molecule has 17 nitrogen and oxygen atoms in total. The summed E-state index contributed by atoms with van der Waals surface area (Å²) in [5, 5.41) is 12.4. The van der Waals surface area contributed by atoms with E-state index in [2.05, 4.69) is 43.0 Å². The molecule has 2 saturated carbocycles. The topological polar surface area (TPSA) is 201 Å². The number of ether oxygens (including phenoxy) is 2. The van der Waals surface area contributed by atoms with E-state index in [1.54, 1.807) is 35.1 Å². The van der Waals surface area contributed by atoms with E-state index in [1.807, 2.05) is 6.07 Å². The number of rotatable bonds is 21. The molecule has 0 radical (unpaired) electrons. The molecule has 1 aliphatic heterocycles. The number of benzene rings is 1. The maximum Gasteiger partial charge on any atom is 0.420 e. The first kappa shape index (κ1) is 43.8. The van der Waals surface area contributed by atoms with Crippen LogP contribution in [0, 0.1) is 11.8 Å². The number of alkyl halides is 2. The second kappa shape index (κ2) is 20.2. The van der Waals surface area contributed by atoms with Gasteiger partial charge in [-0.25, -0.2) is 23.5 Å². The number of likely N-dealkylation sites (N-methyl/N-ethyl adjacent to an activating group) is 1. The van der Waals surface area contributed by atoms with Crippen LogP contribution in [0.15, 0.2) is 62.6 Å². The number of imide groups is 1. The number of fused-ring (bicyclic) bond motifs is 1. The highest BCUT2D eigenvalue weighted by Gasteiger charge is 2.32. The van der Waals surface area contributed by atoms with Crippen LogP contribution < -0.4 is 21.7 Å². The van der Waals surface area contributed by atoms with Crippen LogP contribution in [-0.4, -0.2) is 100 Å². The molecule has 2 aliphatic carbocycles. The molecule has 8 rings (SSSR count). The van der Waals surface area contributed by atoms with Crippen molar-refractivity contribution < 1.29 is 41.5 Å². The number of anilines is 2. The Bertz CT molecular complexity index is 2430. The molecule has 3 amide bonds. The fourth-order valence-electron chi connectivity index (χ4n) is 8.28. The summed E-state index contributed by atoms with van der Waals surface area (Å²) in [6.07, 6.45) is 9.18. The van der Waals surface area contributed by atoms with E-state index in [4.69, 9.17) is 18.3 Å². The van der Waals surface area contributed by atoms with E-state index >= 15 is 0 Å². The number of amides is 3. The summed E-state index contributed by atoms with van der Waals surface area (Å²) in [7, 11) is 2.06. The first-order chi connectivity index (χ1) is 30.6. The number of piperidine rings is 1. The number of aromatic nitrogens is 5. The van der Waals surface area contributed by atoms with E-state index in [-0.39, 0.29) is 42.1 Å². The zero-order chi connectivity index (χ0) is 43.9. The van der Waals surface area contributed by atoms with Crippen molar-refractivity contribution in [2.45, 2.75) is 82.7 Å². The van der Waals surface area contributed by atoms with Gasteiger partial charge in [-0.05, 0) is 106 Å². The fraction of sp³-hybridized carbons (Fsp3) is 0.523. The van der Waals surface area contributed by atoms with Gasteiger partial charge in [0.2, 0.25) is 17.7 Å². The summed E-state index contributed by atoms with van der Waals surface area (Å²) in [4.78, 5) is 60.4. The Morgan fingerprint density at radius 2 is 1.79 bits per heavy atom. The lowest BCUT2D eigenvalue weighted by atomic mass is 9.86. The minimum absolute atomic E-state index is 0.0354. The van der Waals surface area contributed by atoms with Crippen molar-refractivity contribution in [3.8, 4) is 11.5 Å². The minimum atomic E-state index is -2.87. The lowest BCUT2D eigenvalue weighted by molar-refractivity contribution is -0.135. The fourth-order valence-corrected chi connectivity index (χ4v) is 8.28. The Kier molecular flexibility index (Phi) is 14.0. The molecule has 4 aromatic heterocycles. The van der Waals surface area contributed by atoms with E-state index in [0.29, 0.717) is 67.2 Å². The molecule has 1 aromatic carbocycles. The first-order valence-electron chi connectivity index (χ1n) is 21.7. The second-order valence-corrected chi connectivity index (χ2v) is 16.7. The number of nitrogens with zero attached hydrogens (tertiary/aromatic N) is 6. The van der Waals surface area contributed by atoms with Gasteiger partial charge in [0.25, 0.3) is 12.3 Å². The molecule has 19 heteroatoms. The minimum Gasteiger partial charge on any atom is -0.444 e. The van der Waals surface area contributed by atoms with Gasteiger partial charge in [-0.1, -0.05) is 6.07 Å². The number of aryl methyl sites for hydroxylation is 1. The smallest absolute Gasteiger partial charge is 0.420 e. The largest absolute Gasteiger partial charge is 0.444 e. The van der Waals surface area contributed by atoms with E-state index in [9.17, 15) is 28.0 Å². The monoisotopic (exact) mass is 873 g/mol. The maximum atomic E-state index is 14.1. The maximum absolute atomic E-state index is 14.1. The Morgan fingerprint density at radius 1 is 1.00 bits per heavy atom. The van der Waals surface area contributed by atoms with Crippen LogP contribution in [0.3, 0.4) is 0 Å². The standard InChI is InChI=1S/C44H53F2N9O8/c1-53(16-18-61-20-19-60-17-2-3-27-8-11-34-36(21-27)63-44(59)55(34)35-12-13-38(56)51-42(35)58)24-29-6-9-31(10-7-29)54-25-32(39(52-54)40(45)46)49-41(57)33-26-62-43(50-33)30-14-15-47-37(22-30)48-23-28-4-5-28/h8,11,14-15,21-22,25-26,28-29,31,35,40H,2-7,9-10,12-13,16-20,23-24H2,1H3,(H,47,48)(H,49,57)(H,51,56,58). The van der Waals surface area contributed by atoms with E-state index < -0.39 is 35.7 Å². The molecular weight excluding hydrogens is 821 g/mol. The Balaban J connectivity index is 0.705. The Labute approximate surface area is 361 Å². The number of halogens is 2. The van der Waals surface area contributed by atoms with Crippen molar-refractivity contribution >= 4 is 40.3 Å². The van der Waals surface area contributed by atoms with Crippen molar-refractivity contribution in [3.05, 3.63) is 76.5 Å². The molecule has 5 heterocycles.